The van der Waals surface area contributed by atoms with E-state index in [9.17, 15) is 13.2 Å². The second-order valence-corrected chi connectivity index (χ2v) is 8.17. The minimum Gasteiger partial charge on any atom is -0.494 e. The summed E-state index contributed by atoms with van der Waals surface area (Å²) >= 11 is 0. The fraction of sp³-hybridized carbons (Fsp3) is 0.562. The van der Waals surface area contributed by atoms with Crippen molar-refractivity contribution in [2.24, 2.45) is 0 Å². The van der Waals surface area contributed by atoms with E-state index in [4.69, 9.17) is 4.74 Å². The molecule has 0 heterocycles. The lowest BCUT2D eigenvalue weighted by molar-refractivity contribution is -0.116. The zero-order chi connectivity index (χ0) is 17.7. The van der Waals surface area contributed by atoms with Crippen molar-refractivity contribution in [2.45, 2.75) is 39.7 Å². The van der Waals surface area contributed by atoms with Crippen LogP contribution in [0.4, 0.5) is 5.69 Å². The first-order chi connectivity index (χ1) is 10.5. The molecule has 0 aromatic heterocycles. The van der Waals surface area contributed by atoms with Crippen LogP contribution in [0.2, 0.25) is 0 Å². The van der Waals surface area contributed by atoms with Gasteiger partial charge in [0, 0.05) is 24.2 Å². The lowest BCUT2D eigenvalue weighted by Gasteiger charge is -2.33. The Labute approximate surface area is 138 Å². The van der Waals surface area contributed by atoms with Gasteiger partial charge in [0.15, 0.2) is 0 Å². The average molecular weight is 342 g/mol. The van der Waals surface area contributed by atoms with Crippen LogP contribution in [0.3, 0.4) is 0 Å². The zero-order valence-corrected chi connectivity index (χ0v) is 15.2. The summed E-state index contributed by atoms with van der Waals surface area (Å²) in [6.45, 7) is 8.04. The molecule has 1 rings (SSSR count). The Kier molecular flexibility index (Phi) is 6.58. The Bertz CT molecular complexity index is 618. The van der Waals surface area contributed by atoms with Crippen LogP contribution in [-0.4, -0.2) is 43.6 Å². The number of nitrogens with zero attached hydrogens (tertiary/aromatic N) is 1. The van der Waals surface area contributed by atoms with E-state index in [0.717, 1.165) is 12.0 Å². The molecule has 0 aliphatic carbocycles. The number of carbonyl (C=O) groups excluding carboxylic acids is 1. The molecular formula is C16H26N2O4S. The van der Waals surface area contributed by atoms with E-state index in [2.05, 4.69) is 5.32 Å². The van der Waals surface area contributed by atoms with Crippen molar-refractivity contribution in [1.82, 2.24) is 4.31 Å². The van der Waals surface area contributed by atoms with Gasteiger partial charge in [-0.15, -0.1) is 0 Å². The number of nitrogens with one attached hydrogen (secondary N) is 1. The van der Waals surface area contributed by atoms with Crippen LogP contribution < -0.4 is 10.1 Å². The van der Waals surface area contributed by atoms with Crippen molar-refractivity contribution in [3.8, 4) is 5.75 Å². The molecule has 1 N–H and O–H groups in total. The monoisotopic (exact) mass is 342 g/mol. The fourth-order valence-electron chi connectivity index (χ4n) is 2.23. The highest BCUT2D eigenvalue weighted by Crippen LogP contribution is 2.19. The van der Waals surface area contributed by atoms with Gasteiger partial charge < -0.3 is 10.1 Å². The molecule has 6 nitrogen and oxygen atoms in total. The van der Waals surface area contributed by atoms with E-state index in [1.165, 1.54) is 4.31 Å². The minimum atomic E-state index is -3.37. The van der Waals surface area contributed by atoms with Gasteiger partial charge in [-0.05, 0) is 52.0 Å². The van der Waals surface area contributed by atoms with E-state index in [-0.39, 0.29) is 18.9 Å². The Morgan fingerprint density at radius 1 is 1.22 bits per heavy atom. The normalized spacial score (nSPS) is 12.3. The van der Waals surface area contributed by atoms with Crippen molar-refractivity contribution in [2.75, 3.05) is 24.7 Å². The number of hydrogen-bond acceptors (Lipinski definition) is 4. The van der Waals surface area contributed by atoms with Gasteiger partial charge in [-0.2, -0.15) is 4.31 Å². The summed E-state index contributed by atoms with van der Waals surface area (Å²) in [6, 6.07) is 7.05. The van der Waals surface area contributed by atoms with Gasteiger partial charge >= 0.3 is 0 Å². The standard InChI is InChI=1S/C16H26N2O4S/c1-6-22-14-9-7-13(8-10-14)17-15(19)11-12-18(16(2,3)4)23(5,20)21/h7-10H,6,11-12H2,1-5H3,(H,17,19). The first-order valence-corrected chi connectivity index (χ1v) is 9.39. The molecule has 0 unspecified atom stereocenters. The summed E-state index contributed by atoms with van der Waals surface area (Å²) in [5, 5.41) is 2.75. The maximum absolute atomic E-state index is 12.0. The highest BCUT2D eigenvalue weighted by Gasteiger charge is 2.29. The Balaban J connectivity index is 2.62. The molecule has 0 bridgehead atoms. The topological polar surface area (TPSA) is 75.7 Å². The number of hydrogen-bond donors (Lipinski definition) is 1. The Hall–Kier alpha value is -1.60. The molecule has 0 atom stereocenters. The van der Waals surface area contributed by atoms with Crippen LogP contribution in [0.15, 0.2) is 24.3 Å². The molecule has 0 radical (unpaired) electrons. The largest absolute Gasteiger partial charge is 0.494 e. The van der Waals surface area contributed by atoms with Crippen molar-refractivity contribution in [3.05, 3.63) is 24.3 Å². The summed E-state index contributed by atoms with van der Waals surface area (Å²) in [6.07, 6.45) is 1.25. The van der Waals surface area contributed by atoms with Crippen LogP contribution in [0.25, 0.3) is 0 Å². The smallest absolute Gasteiger partial charge is 0.225 e. The van der Waals surface area contributed by atoms with Crippen molar-refractivity contribution in [3.63, 3.8) is 0 Å². The molecule has 1 aromatic carbocycles. The van der Waals surface area contributed by atoms with Gasteiger partial charge in [0.05, 0.1) is 12.9 Å². The second kappa shape index (κ2) is 7.79. The summed E-state index contributed by atoms with van der Waals surface area (Å²) in [5.41, 5.74) is 0.0904. The molecule has 0 aliphatic heterocycles. The van der Waals surface area contributed by atoms with Crippen LogP contribution in [0, 0.1) is 0 Å². The molecule has 23 heavy (non-hydrogen) atoms. The summed E-state index contributed by atoms with van der Waals surface area (Å²) in [7, 11) is -3.37. The molecule has 7 heteroatoms. The molecule has 1 aromatic rings. The molecule has 130 valence electrons. The van der Waals surface area contributed by atoms with Crippen molar-refractivity contribution < 1.29 is 17.9 Å². The Morgan fingerprint density at radius 2 is 1.78 bits per heavy atom. The van der Waals surface area contributed by atoms with Crippen LogP contribution in [0.1, 0.15) is 34.1 Å². The number of benzene rings is 1. The molecule has 0 saturated heterocycles. The first kappa shape index (κ1) is 19.4. The molecule has 0 spiro atoms. The summed E-state index contributed by atoms with van der Waals surface area (Å²) in [5.74, 6) is 0.508. The quantitative estimate of drug-likeness (QED) is 0.826. The highest BCUT2D eigenvalue weighted by molar-refractivity contribution is 7.88. The third-order valence-electron chi connectivity index (χ3n) is 3.14. The van der Waals surface area contributed by atoms with Crippen LogP contribution in [0.5, 0.6) is 5.75 Å². The lowest BCUT2D eigenvalue weighted by Crippen LogP contribution is -2.46. The van der Waals surface area contributed by atoms with Gasteiger partial charge in [0.25, 0.3) is 0 Å². The lowest BCUT2D eigenvalue weighted by atomic mass is 10.1. The molecule has 1 amide bonds. The SMILES string of the molecule is CCOc1ccc(NC(=O)CCN(C(C)(C)C)S(C)(=O)=O)cc1. The zero-order valence-electron chi connectivity index (χ0n) is 14.4. The van der Waals surface area contributed by atoms with Gasteiger partial charge in [-0.1, -0.05) is 0 Å². The first-order valence-electron chi connectivity index (χ1n) is 7.54. The van der Waals surface area contributed by atoms with E-state index >= 15 is 0 Å². The summed E-state index contributed by atoms with van der Waals surface area (Å²) in [4.78, 5) is 12.0. The number of carbonyl (C=O) groups is 1. The van der Waals surface area contributed by atoms with E-state index in [1.807, 2.05) is 6.92 Å². The second-order valence-electron chi connectivity index (χ2n) is 6.26. The number of anilines is 1. The van der Waals surface area contributed by atoms with Crippen molar-refractivity contribution >= 4 is 21.6 Å². The van der Waals surface area contributed by atoms with E-state index in [0.29, 0.717) is 12.3 Å². The van der Waals surface area contributed by atoms with E-state index < -0.39 is 15.6 Å². The highest BCUT2D eigenvalue weighted by atomic mass is 32.2. The average Bonchev–Trinajstić information content (AvgIpc) is 2.38. The molecular weight excluding hydrogens is 316 g/mol. The summed E-state index contributed by atoms with van der Waals surface area (Å²) < 4.78 is 30.3. The number of sulfonamides is 1. The van der Waals surface area contributed by atoms with E-state index in [1.54, 1.807) is 45.0 Å². The number of ether oxygens (including phenoxy) is 1. The molecule has 0 aliphatic rings. The van der Waals surface area contributed by atoms with Gasteiger partial charge in [-0.25, -0.2) is 8.42 Å². The fourth-order valence-corrected chi connectivity index (χ4v) is 3.64. The van der Waals surface area contributed by atoms with Gasteiger partial charge in [0.2, 0.25) is 15.9 Å². The minimum absolute atomic E-state index is 0.0948. The maximum Gasteiger partial charge on any atom is 0.225 e. The van der Waals surface area contributed by atoms with Crippen LogP contribution in [-0.2, 0) is 14.8 Å². The van der Waals surface area contributed by atoms with Gasteiger partial charge in [-0.3, -0.25) is 4.79 Å². The third kappa shape index (κ3) is 6.58. The predicted octanol–water partition coefficient (Wildman–Crippen LogP) is 2.47. The molecule has 0 fully saturated rings. The number of rotatable bonds is 7. The third-order valence-corrected chi connectivity index (χ3v) is 4.67. The maximum atomic E-state index is 12.0. The Morgan fingerprint density at radius 3 is 2.22 bits per heavy atom. The van der Waals surface area contributed by atoms with Gasteiger partial charge in [0.1, 0.15) is 5.75 Å². The predicted molar refractivity (Wildman–Crippen MR) is 92.2 cm³/mol. The van der Waals surface area contributed by atoms with Crippen molar-refractivity contribution in [1.29, 1.82) is 0 Å². The molecule has 0 saturated carbocycles. The number of amides is 1. The van der Waals surface area contributed by atoms with Crippen LogP contribution >= 0.6 is 0 Å².